The van der Waals surface area contributed by atoms with Crippen LogP contribution in [0.15, 0.2) is 18.2 Å². The summed E-state index contributed by atoms with van der Waals surface area (Å²) in [6.45, 7) is 1.20. The van der Waals surface area contributed by atoms with E-state index in [-0.39, 0.29) is 18.3 Å². The molecule has 2 N–H and O–H groups in total. The molecule has 0 unspecified atom stereocenters. The van der Waals surface area contributed by atoms with Gasteiger partial charge in [0.15, 0.2) is 0 Å². The Hall–Kier alpha value is -1.58. The average molecular weight is 347 g/mol. The summed E-state index contributed by atoms with van der Waals surface area (Å²) < 4.78 is 51.1. The van der Waals surface area contributed by atoms with Crippen molar-refractivity contribution in [2.75, 3.05) is 31.2 Å². The van der Waals surface area contributed by atoms with Gasteiger partial charge in [0.1, 0.15) is 11.6 Å². The van der Waals surface area contributed by atoms with E-state index in [1.807, 2.05) is 4.90 Å². The van der Waals surface area contributed by atoms with Crippen LogP contribution >= 0.6 is 0 Å². The van der Waals surface area contributed by atoms with Crippen LogP contribution in [0.3, 0.4) is 0 Å². The van der Waals surface area contributed by atoms with Crippen molar-refractivity contribution in [1.29, 1.82) is 0 Å². The van der Waals surface area contributed by atoms with Crippen molar-refractivity contribution in [2.24, 2.45) is 0 Å². The average Bonchev–Trinajstić information content (AvgIpc) is 2.42. The monoisotopic (exact) mass is 347 g/mol. The standard InChI is InChI=1S/C14H19F2N3O3S/c1-23(21,22)18-11-4-6-19(7-5-11)9-14(20)17-13-3-2-10(15)8-12(13)16/h2-3,8,11,18H,4-7,9H2,1H3,(H,17,20). The molecule has 1 fully saturated rings. The Labute approximate surface area is 133 Å². The molecule has 1 heterocycles. The van der Waals surface area contributed by atoms with E-state index in [0.717, 1.165) is 12.3 Å². The zero-order valence-electron chi connectivity index (χ0n) is 12.7. The first kappa shape index (κ1) is 17.8. The summed E-state index contributed by atoms with van der Waals surface area (Å²) in [6.07, 6.45) is 2.32. The van der Waals surface area contributed by atoms with Crippen LogP contribution in [-0.2, 0) is 14.8 Å². The SMILES string of the molecule is CS(=O)(=O)NC1CCN(CC(=O)Nc2ccc(F)cc2F)CC1. The molecule has 0 bridgehead atoms. The lowest BCUT2D eigenvalue weighted by atomic mass is 10.1. The lowest BCUT2D eigenvalue weighted by Crippen LogP contribution is -2.46. The number of halogens is 2. The molecule has 2 rings (SSSR count). The van der Waals surface area contributed by atoms with Crippen LogP contribution < -0.4 is 10.0 Å². The number of hydrogen-bond donors (Lipinski definition) is 2. The molecule has 1 aromatic rings. The Morgan fingerprint density at radius 3 is 2.52 bits per heavy atom. The van der Waals surface area contributed by atoms with Crippen molar-refractivity contribution < 1.29 is 22.0 Å². The van der Waals surface area contributed by atoms with E-state index in [2.05, 4.69) is 10.0 Å². The van der Waals surface area contributed by atoms with E-state index in [0.29, 0.717) is 32.0 Å². The lowest BCUT2D eigenvalue weighted by Gasteiger charge is -2.31. The number of piperidine rings is 1. The molecule has 0 radical (unpaired) electrons. The minimum Gasteiger partial charge on any atom is -0.322 e. The van der Waals surface area contributed by atoms with Crippen LogP contribution in [0.25, 0.3) is 0 Å². The van der Waals surface area contributed by atoms with Crippen LogP contribution in [-0.4, -0.2) is 51.2 Å². The summed E-state index contributed by atoms with van der Waals surface area (Å²) in [7, 11) is -3.23. The van der Waals surface area contributed by atoms with Crippen molar-refractivity contribution in [3.8, 4) is 0 Å². The molecule has 0 spiro atoms. The van der Waals surface area contributed by atoms with Gasteiger partial charge in [-0.25, -0.2) is 21.9 Å². The normalized spacial score (nSPS) is 17.2. The van der Waals surface area contributed by atoms with Gasteiger partial charge in [-0.1, -0.05) is 0 Å². The predicted molar refractivity (Wildman–Crippen MR) is 82.4 cm³/mol. The predicted octanol–water partition coefficient (Wildman–Crippen LogP) is 0.917. The van der Waals surface area contributed by atoms with Crippen LogP contribution in [0.4, 0.5) is 14.5 Å². The van der Waals surface area contributed by atoms with Gasteiger partial charge in [-0.3, -0.25) is 9.69 Å². The number of amides is 1. The van der Waals surface area contributed by atoms with Crippen molar-refractivity contribution in [1.82, 2.24) is 9.62 Å². The molecule has 1 aliphatic rings. The molecule has 0 aromatic heterocycles. The van der Waals surface area contributed by atoms with Gasteiger partial charge >= 0.3 is 0 Å². The summed E-state index contributed by atoms with van der Waals surface area (Å²) in [6, 6.07) is 2.82. The Morgan fingerprint density at radius 2 is 1.96 bits per heavy atom. The van der Waals surface area contributed by atoms with Gasteiger partial charge in [-0.15, -0.1) is 0 Å². The second-order valence-corrected chi connectivity index (χ2v) is 7.39. The lowest BCUT2D eigenvalue weighted by molar-refractivity contribution is -0.117. The Bertz CT molecular complexity index is 674. The Morgan fingerprint density at radius 1 is 1.30 bits per heavy atom. The number of nitrogens with zero attached hydrogens (tertiary/aromatic N) is 1. The molecule has 0 aliphatic carbocycles. The highest BCUT2D eigenvalue weighted by Crippen LogP contribution is 2.15. The molecular weight excluding hydrogens is 328 g/mol. The van der Waals surface area contributed by atoms with Crippen LogP contribution in [0, 0.1) is 11.6 Å². The molecular formula is C14H19F2N3O3S. The fourth-order valence-electron chi connectivity index (χ4n) is 2.50. The van der Waals surface area contributed by atoms with Gasteiger partial charge in [0, 0.05) is 25.2 Å². The maximum absolute atomic E-state index is 13.5. The number of likely N-dealkylation sites (tertiary alicyclic amines) is 1. The smallest absolute Gasteiger partial charge is 0.238 e. The third kappa shape index (κ3) is 5.85. The molecule has 0 atom stereocenters. The molecule has 1 aliphatic heterocycles. The number of sulfonamides is 1. The van der Waals surface area contributed by atoms with Crippen molar-refractivity contribution in [3.05, 3.63) is 29.8 Å². The van der Waals surface area contributed by atoms with Gasteiger partial charge in [-0.2, -0.15) is 0 Å². The van der Waals surface area contributed by atoms with E-state index < -0.39 is 27.6 Å². The fraction of sp³-hybridized carbons (Fsp3) is 0.500. The van der Waals surface area contributed by atoms with Crippen molar-refractivity contribution in [3.63, 3.8) is 0 Å². The second-order valence-electron chi connectivity index (χ2n) is 5.61. The van der Waals surface area contributed by atoms with Crippen molar-refractivity contribution in [2.45, 2.75) is 18.9 Å². The number of anilines is 1. The van der Waals surface area contributed by atoms with Crippen LogP contribution in [0.5, 0.6) is 0 Å². The fourth-order valence-corrected chi connectivity index (χ4v) is 3.34. The summed E-state index contributed by atoms with van der Waals surface area (Å²) in [5.41, 5.74) is -0.0648. The molecule has 6 nitrogen and oxygen atoms in total. The van der Waals surface area contributed by atoms with Crippen LogP contribution in [0.2, 0.25) is 0 Å². The maximum atomic E-state index is 13.5. The number of benzene rings is 1. The van der Waals surface area contributed by atoms with E-state index in [9.17, 15) is 22.0 Å². The van der Waals surface area contributed by atoms with E-state index in [1.165, 1.54) is 6.07 Å². The zero-order valence-corrected chi connectivity index (χ0v) is 13.5. The molecule has 1 aromatic carbocycles. The number of hydrogen-bond acceptors (Lipinski definition) is 4. The largest absolute Gasteiger partial charge is 0.322 e. The summed E-state index contributed by atoms with van der Waals surface area (Å²) >= 11 is 0. The van der Waals surface area contributed by atoms with E-state index in [4.69, 9.17) is 0 Å². The highest BCUT2D eigenvalue weighted by molar-refractivity contribution is 7.88. The third-order valence-electron chi connectivity index (χ3n) is 3.54. The quantitative estimate of drug-likeness (QED) is 0.830. The number of rotatable bonds is 5. The summed E-state index contributed by atoms with van der Waals surface area (Å²) in [5.74, 6) is -1.93. The van der Waals surface area contributed by atoms with E-state index >= 15 is 0 Å². The first-order valence-corrected chi connectivity index (χ1v) is 9.06. The molecule has 1 amide bonds. The molecule has 9 heteroatoms. The number of carbonyl (C=O) groups is 1. The molecule has 1 saturated heterocycles. The van der Waals surface area contributed by atoms with Gasteiger partial charge in [-0.05, 0) is 25.0 Å². The first-order valence-electron chi connectivity index (χ1n) is 7.17. The topological polar surface area (TPSA) is 78.5 Å². The highest BCUT2D eigenvalue weighted by Gasteiger charge is 2.23. The van der Waals surface area contributed by atoms with E-state index in [1.54, 1.807) is 0 Å². The zero-order chi connectivity index (χ0) is 17.0. The molecule has 0 saturated carbocycles. The third-order valence-corrected chi connectivity index (χ3v) is 4.30. The van der Waals surface area contributed by atoms with Gasteiger partial charge in [0.25, 0.3) is 0 Å². The van der Waals surface area contributed by atoms with Gasteiger partial charge in [0.05, 0.1) is 18.5 Å². The minimum absolute atomic E-state index is 0.0648. The molecule has 128 valence electrons. The minimum atomic E-state index is -3.23. The van der Waals surface area contributed by atoms with Crippen molar-refractivity contribution >= 4 is 21.6 Å². The number of carbonyl (C=O) groups excluding carboxylic acids is 1. The highest BCUT2D eigenvalue weighted by atomic mass is 32.2. The molecule has 23 heavy (non-hydrogen) atoms. The van der Waals surface area contributed by atoms with Gasteiger partial charge < -0.3 is 5.32 Å². The summed E-state index contributed by atoms with van der Waals surface area (Å²) in [5, 5.41) is 2.40. The van der Waals surface area contributed by atoms with Crippen LogP contribution in [0.1, 0.15) is 12.8 Å². The van der Waals surface area contributed by atoms with Gasteiger partial charge in [0.2, 0.25) is 15.9 Å². The first-order chi connectivity index (χ1) is 10.7. The Balaban J connectivity index is 1.81. The maximum Gasteiger partial charge on any atom is 0.238 e. The Kier molecular flexibility index (Phi) is 5.66. The second kappa shape index (κ2) is 7.33. The number of nitrogens with one attached hydrogen (secondary N) is 2. The summed E-state index contributed by atoms with van der Waals surface area (Å²) in [4.78, 5) is 13.8.